The topological polar surface area (TPSA) is 93.5 Å². The summed E-state index contributed by atoms with van der Waals surface area (Å²) < 4.78 is 5.26. The molecule has 1 aromatic carbocycles. The first-order valence-electron chi connectivity index (χ1n) is 6.74. The number of ether oxygens (including phenoxy) is 1. The molecule has 0 bridgehead atoms. The van der Waals surface area contributed by atoms with Crippen LogP contribution in [0.1, 0.15) is 19.3 Å². The molecular weight excluding hydrogens is 258 g/mol. The number of nitrogens with two attached hydrogens (primary N) is 1. The molecular formula is C14H17N3O3. The molecule has 1 aromatic rings. The maximum absolute atomic E-state index is 11.9. The number of fused-ring (bicyclic) bond motifs is 1. The van der Waals surface area contributed by atoms with Gasteiger partial charge in [-0.3, -0.25) is 9.59 Å². The molecule has 6 nitrogen and oxygen atoms in total. The summed E-state index contributed by atoms with van der Waals surface area (Å²) in [5, 5.41) is 5.50. The van der Waals surface area contributed by atoms with Gasteiger partial charge in [0.15, 0.2) is 6.61 Å². The molecule has 20 heavy (non-hydrogen) atoms. The maximum atomic E-state index is 11.9. The number of carbonyl (C=O) groups excluding carboxylic acids is 2. The number of carbonyl (C=O) groups is 2. The largest absolute Gasteiger partial charge is 0.482 e. The zero-order valence-electron chi connectivity index (χ0n) is 11.0. The van der Waals surface area contributed by atoms with Crippen molar-refractivity contribution in [2.45, 2.75) is 25.3 Å². The molecule has 106 valence electrons. The molecule has 0 spiro atoms. The van der Waals surface area contributed by atoms with E-state index in [-0.39, 0.29) is 24.5 Å². The lowest BCUT2D eigenvalue weighted by Gasteiger charge is -2.19. The van der Waals surface area contributed by atoms with Gasteiger partial charge in [0.2, 0.25) is 5.91 Å². The lowest BCUT2D eigenvalue weighted by molar-refractivity contribution is -0.118. The highest BCUT2D eigenvalue weighted by molar-refractivity contribution is 5.97. The summed E-state index contributed by atoms with van der Waals surface area (Å²) in [5.41, 5.74) is 7.13. The van der Waals surface area contributed by atoms with Gasteiger partial charge in [-0.25, -0.2) is 0 Å². The van der Waals surface area contributed by atoms with E-state index in [9.17, 15) is 9.59 Å². The van der Waals surface area contributed by atoms with Crippen molar-refractivity contribution >= 4 is 23.2 Å². The number of hydrogen-bond donors (Lipinski definition) is 3. The summed E-state index contributed by atoms with van der Waals surface area (Å²) in [6.45, 7) is 0.0228. The van der Waals surface area contributed by atoms with Crippen molar-refractivity contribution in [3.63, 3.8) is 0 Å². The second-order valence-electron chi connectivity index (χ2n) is 5.30. The van der Waals surface area contributed by atoms with Crippen LogP contribution >= 0.6 is 0 Å². The lowest BCUT2D eigenvalue weighted by atomic mass is 10.1. The Morgan fingerprint density at radius 3 is 3.05 bits per heavy atom. The van der Waals surface area contributed by atoms with Crippen LogP contribution in [-0.2, 0) is 9.59 Å². The highest BCUT2D eigenvalue weighted by Gasteiger charge is 2.29. The van der Waals surface area contributed by atoms with Crippen molar-refractivity contribution in [2.75, 3.05) is 17.2 Å². The van der Waals surface area contributed by atoms with Crippen LogP contribution in [0.3, 0.4) is 0 Å². The van der Waals surface area contributed by atoms with E-state index in [1.807, 2.05) is 0 Å². The summed E-state index contributed by atoms with van der Waals surface area (Å²) in [7, 11) is 0. The van der Waals surface area contributed by atoms with Crippen LogP contribution in [0.15, 0.2) is 18.2 Å². The number of nitrogens with one attached hydrogen (secondary N) is 2. The van der Waals surface area contributed by atoms with Crippen LogP contribution in [0.25, 0.3) is 0 Å². The van der Waals surface area contributed by atoms with Crippen LogP contribution in [0, 0.1) is 5.92 Å². The molecule has 0 radical (unpaired) electrons. The molecule has 2 aliphatic rings. The third-order valence-corrected chi connectivity index (χ3v) is 3.54. The average molecular weight is 275 g/mol. The Bertz CT molecular complexity index is 555. The van der Waals surface area contributed by atoms with Crippen molar-refractivity contribution < 1.29 is 14.3 Å². The van der Waals surface area contributed by atoms with E-state index >= 15 is 0 Å². The summed E-state index contributed by atoms with van der Waals surface area (Å²) >= 11 is 0. The fourth-order valence-corrected chi connectivity index (χ4v) is 2.28. The highest BCUT2D eigenvalue weighted by atomic mass is 16.5. The second kappa shape index (κ2) is 5.13. The van der Waals surface area contributed by atoms with E-state index in [4.69, 9.17) is 10.5 Å². The van der Waals surface area contributed by atoms with Crippen molar-refractivity contribution in [1.29, 1.82) is 0 Å². The standard InChI is InChI=1S/C14H17N3O3/c15-10(8-1-2-8)6-13(18)16-9-3-4-12-11(5-9)17-14(19)7-20-12/h3-5,8,10H,1-2,6-7,15H2,(H,16,18)(H,17,19). The van der Waals surface area contributed by atoms with E-state index in [1.54, 1.807) is 18.2 Å². The minimum Gasteiger partial charge on any atom is -0.482 e. The molecule has 1 unspecified atom stereocenters. The number of anilines is 2. The predicted octanol–water partition coefficient (Wildman–Crippen LogP) is 1.08. The molecule has 1 saturated carbocycles. The van der Waals surface area contributed by atoms with Gasteiger partial charge in [-0.2, -0.15) is 0 Å². The van der Waals surface area contributed by atoms with E-state index in [0.29, 0.717) is 29.5 Å². The Balaban J connectivity index is 1.63. The Morgan fingerprint density at radius 2 is 2.30 bits per heavy atom. The molecule has 0 aromatic heterocycles. The van der Waals surface area contributed by atoms with Crippen LogP contribution < -0.4 is 21.1 Å². The first-order chi connectivity index (χ1) is 9.61. The smallest absolute Gasteiger partial charge is 0.262 e. The molecule has 2 amide bonds. The van der Waals surface area contributed by atoms with Crippen molar-refractivity contribution in [3.8, 4) is 5.75 Å². The normalized spacial score (nSPS) is 18.6. The van der Waals surface area contributed by atoms with Gasteiger partial charge in [-0.15, -0.1) is 0 Å². The van der Waals surface area contributed by atoms with Gasteiger partial charge in [0, 0.05) is 18.2 Å². The quantitative estimate of drug-likeness (QED) is 0.766. The number of rotatable bonds is 4. The van der Waals surface area contributed by atoms with Crippen LogP contribution in [0.2, 0.25) is 0 Å². The minimum atomic E-state index is -0.197. The maximum Gasteiger partial charge on any atom is 0.262 e. The van der Waals surface area contributed by atoms with E-state index in [1.165, 1.54) is 0 Å². The summed E-state index contributed by atoms with van der Waals surface area (Å²) in [4.78, 5) is 23.1. The van der Waals surface area contributed by atoms with E-state index in [0.717, 1.165) is 12.8 Å². The minimum absolute atomic E-state index is 0.0228. The van der Waals surface area contributed by atoms with E-state index in [2.05, 4.69) is 10.6 Å². The predicted molar refractivity (Wildman–Crippen MR) is 74.5 cm³/mol. The molecule has 1 aliphatic heterocycles. The molecule has 4 N–H and O–H groups in total. The number of amides is 2. The van der Waals surface area contributed by atoms with Crippen LogP contribution in [0.4, 0.5) is 11.4 Å². The number of hydrogen-bond acceptors (Lipinski definition) is 4. The highest BCUT2D eigenvalue weighted by Crippen LogP contribution is 2.33. The monoisotopic (exact) mass is 275 g/mol. The van der Waals surface area contributed by atoms with Crippen molar-refractivity contribution in [2.24, 2.45) is 11.7 Å². The van der Waals surface area contributed by atoms with Crippen molar-refractivity contribution in [3.05, 3.63) is 18.2 Å². The Labute approximate surface area is 116 Å². The first kappa shape index (κ1) is 12.9. The van der Waals surface area contributed by atoms with Gasteiger partial charge in [-0.05, 0) is 37.0 Å². The molecule has 0 saturated heterocycles. The molecule has 1 atom stereocenters. The SMILES string of the molecule is NC(CC(=O)Nc1ccc2c(c1)NC(=O)CO2)C1CC1. The van der Waals surface area contributed by atoms with Gasteiger partial charge in [0.1, 0.15) is 5.75 Å². The fourth-order valence-electron chi connectivity index (χ4n) is 2.28. The first-order valence-corrected chi connectivity index (χ1v) is 6.74. The second-order valence-corrected chi connectivity index (χ2v) is 5.30. The summed E-state index contributed by atoms with van der Waals surface area (Å²) in [6, 6.07) is 5.10. The van der Waals surface area contributed by atoms with E-state index < -0.39 is 0 Å². The van der Waals surface area contributed by atoms with Gasteiger partial charge < -0.3 is 21.1 Å². The lowest BCUT2D eigenvalue weighted by Crippen LogP contribution is -2.29. The number of benzene rings is 1. The van der Waals surface area contributed by atoms with Crippen LogP contribution in [-0.4, -0.2) is 24.5 Å². The fraction of sp³-hybridized carbons (Fsp3) is 0.429. The van der Waals surface area contributed by atoms with Gasteiger partial charge in [-0.1, -0.05) is 0 Å². The Kier molecular flexibility index (Phi) is 3.31. The molecule has 1 fully saturated rings. The van der Waals surface area contributed by atoms with Crippen LogP contribution in [0.5, 0.6) is 5.75 Å². The third kappa shape index (κ3) is 2.91. The molecule has 1 aliphatic carbocycles. The zero-order valence-corrected chi connectivity index (χ0v) is 11.0. The summed E-state index contributed by atoms with van der Waals surface area (Å²) in [6.07, 6.45) is 2.57. The molecule has 6 heteroatoms. The summed E-state index contributed by atoms with van der Waals surface area (Å²) in [5.74, 6) is 0.804. The average Bonchev–Trinajstić information content (AvgIpc) is 3.22. The molecule has 3 rings (SSSR count). The van der Waals surface area contributed by atoms with Gasteiger partial charge in [0.05, 0.1) is 5.69 Å². The zero-order chi connectivity index (χ0) is 14.1. The Morgan fingerprint density at radius 1 is 1.50 bits per heavy atom. The van der Waals surface area contributed by atoms with Gasteiger partial charge in [0.25, 0.3) is 5.91 Å². The van der Waals surface area contributed by atoms with Gasteiger partial charge >= 0.3 is 0 Å². The third-order valence-electron chi connectivity index (χ3n) is 3.54. The van der Waals surface area contributed by atoms with Crippen molar-refractivity contribution in [1.82, 2.24) is 0 Å². The molecule has 1 heterocycles. The Hall–Kier alpha value is -2.08.